The van der Waals surface area contributed by atoms with Gasteiger partial charge in [0.05, 0.1) is 25.2 Å². The zero-order chi connectivity index (χ0) is 18.6. The van der Waals surface area contributed by atoms with E-state index in [-0.39, 0.29) is 17.6 Å². The molecule has 0 aliphatic rings. The van der Waals surface area contributed by atoms with Crippen molar-refractivity contribution >= 4 is 11.6 Å². The minimum Gasteiger partial charge on any atom is -0.493 e. The first-order chi connectivity index (χ1) is 11.9. The lowest BCUT2D eigenvalue weighted by Gasteiger charge is -2.26. The van der Waals surface area contributed by atoms with Gasteiger partial charge in [-0.3, -0.25) is 14.9 Å². The van der Waals surface area contributed by atoms with Gasteiger partial charge in [-0.05, 0) is 36.8 Å². The van der Waals surface area contributed by atoms with Gasteiger partial charge in [-0.2, -0.15) is 0 Å². The number of methoxy groups -OCH3 is 2. The molecule has 0 unspecified atom stereocenters. The fraction of sp³-hybridized carbons (Fsp3) is 0.278. The highest BCUT2D eigenvalue weighted by atomic mass is 16.6. The molecule has 0 aliphatic carbocycles. The fourth-order valence-corrected chi connectivity index (χ4v) is 2.44. The molecular formula is C18H20N2O5. The van der Waals surface area contributed by atoms with Crippen LogP contribution in [-0.4, -0.2) is 37.0 Å². The van der Waals surface area contributed by atoms with Crippen LogP contribution in [0.5, 0.6) is 11.5 Å². The smallest absolute Gasteiger partial charge is 0.269 e. The molecule has 0 spiro atoms. The number of carbonyl (C=O) groups excluding carboxylic acids is 1. The molecule has 2 aromatic carbocycles. The predicted molar refractivity (Wildman–Crippen MR) is 93.2 cm³/mol. The van der Waals surface area contributed by atoms with E-state index in [1.54, 1.807) is 32.2 Å². The molecule has 0 fully saturated rings. The standard InChI is InChI=1S/C18H20N2O5/c1-12(14-7-10-16(24-3)17(11-14)25-4)19(2)18(21)13-5-8-15(9-6-13)20(22)23/h5-12H,1-4H3/t12-/m1/s1. The molecule has 2 rings (SSSR count). The van der Waals surface area contributed by atoms with Gasteiger partial charge in [-0.15, -0.1) is 0 Å². The Morgan fingerprint density at radius 3 is 2.20 bits per heavy atom. The summed E-state index contributed by atoms with van der Waals surface area (Å²) in [5, 5.41) is 10.7. The van der Waals surface area contributed by atoms with Crippen LogP contribution in [0.25, 0.3) is 0 Å². The minimum absolute atomic E-state index is 0.0489. The van der Waals surface area contributed by atoms with E-state index in [1.807, 2.05) is 19.1 Å². The van der Waals surface area contributed by atoms with Gasteiger partial charge in [-0.1, -0.05) is 6.07 Å². The van der Waals surface area contributed by atoms with E-state index in [9.17, 15) is 14.9 Å². The number of non-ortho nitro benzene ring substituents is 1. The Labute approximate surface area is 145 Å². The molecule has 132 valence electrons. The maximum Gasteiger partial charge on any atom is 0.269 e. The van der Waals surface area contributed by atoms with Crippen molar-refractivity contribution < 1.29 is 19.2 Å². The Balaban J connectivity index is 2.22. The Bertz CT molecular complexity index is 774. The normalized spacial score (nSPS) is 11.5. The Kier molecular flexibility index (Phi) is 5.59. The minimum atomic E-state index is -0.496. The summed E-state index contributed by atoms with van der Waals surface area (Å²) in [5.74, 6) is 0.975. The first-order valence-electron chi connectivity index (χ1n) is 7.62. The highest BCUT2D eigenvalue weighted by molar-refractivity contribution is 5.94. The molecule has 0 heterocycles. The zero-order valence-corrected chi connectivity index (χ0v) is 14.6. The van der Waals surface area contributed by atoms with Crippen LogP contribution in [0.3, 0.4) is 0 Å². The van der Waals surface area contributed by atoms with E-state index < -0.39 is 4.92 Å². The quantitative estimate of drug-likeness (QED) is 0.592. The van der Waals surface area contributed by atoms with Crippen molar-refractivity contribution in [2.24, 2.45) is 0 Å². The summed E-state index contributed by atoms with van der Waals surface area (Å²) in [6, 6.07) is 10.8. The third-order valence-corrected chi connectivity index (χ3v) is 4.12. The number of hydrogen-bond donors (Lipinski definition) is 0. The summed E-state index contributed by atoms with van der Waals surface area (Å²) < 4.78 is 10.5. The third-order valence-electron chi connectivity index (χ3n) is 4.12. The topological polar surface area (TPSA) is 81.9 Å². The van der Waals surface area contributed by atoms with Crippen molar-refractivity contribution in [3.8, 4) is 11.5 Å². The molecule has 0 bridgehead atoms. The molecule has 0 saturated heterocycles. The molecule has 25 heavy (non-hydrogen) atoms. The number of nitro groups is 1. The number of nitrogens with zero attached hydrogens (tertiary/aromatic N) is 2. The number of hydrogen-bond acceptors (Lipinski definition) is 5. The Hall–Kier alpha value is -3.09. The molecule has 7 heteroatoms. The maximum atomic E-state index is 12.6. The van der Waals surface area contributed by atoms with E-state index >= 15 is 0 Å². The first kappa shape index (κ1) is 18.3. The molecule has 1 amide bonds. The number of rotatable bonds is 6. The summed E-state index contributed by atoms with van der Waals surface area (Å²) >= 11 is 0. The summed E-state index contributed by atoms with van der Waals surface area (Å²) in [6.07, 6.45) is 0. The van der Waals surface area contributed by atoms with Crippen LogP contribution in [0.15, 0.2) is 42.5 Å². The van der Waals surface area contributed by atoms with Crippen molar-refractivity contribution in [1.29, 1.82) is 0 Å². The van der Waals surface area contributed by atoms with Crippen LogP contribution >= 0.6 is 0 Å². The number of ether oxygens (including phenoxy) is 2. The monoisotopic (exact) mass is 344 g/mol. The number of nitro benzene ring substituents is 1. The van der Waals surface area contributed by atoms with Crippen molar-refractivity contribution in [2.75, 3.05) is 21.3 Å². The van der Waals surface area contributed by atoms with Crippen LogP contribution in [0.4, 0.5) is 5.69 Å². The van der Waals surface area contributed by atoms with Gasteiger partial charge < -0.3 is 14.4 Å². The molecule has 7 nitrogen and oxygen atoms in total. The Morgan fingerprint density at radius 1 is 1.08 bits per heavy atom. The van der Waals surface area contributed by atoms with Crippen LogP contribution in [0, 0.1) is 10.1 Å². The van der Waals surface area contributed by atoms with E-state index in [1.165, 1.54) is 24.3 Å². The van der Waals surface area contributed by atoms with E-state index in [2.05, 4.69) is 0 Å². The third kappa shape index (κ3) is 3.88. The van der Waals surface area contributed by atoms with Crippen molar-refractivity contribution in [3.05, 3.63) is 63.7 Å². The van der Waals surface area contributed by atoms with Crippen molar-refractivity contribution in [2.45, 2.75) is 13.0 Å². The Morgan fingerprint density at radius 2 is 1.68 bits per heavy atom. The van der Waals surface area contributed by atoms with Crippen LogP contribution in [0.1, 0.15) is 28.9 Å². The van der Waals surface area contributed by atoms with Gasteiger partial charge in [0.15, 0.2) is 11.5 Å². The molecule has 0 aliphatic heterocycles. The summed E-state index contributed by atoms with van der Waals surface area (Å²) in [6.45, 7) is 1.89. The number of amides is 1. The highest BCUT2D eigenvalue weighted by Crippen LogP contribution is 2.31. The van der Waals surface area contributed by atoms with Crippen LogP contribution in [-0.2, 0) is 0 Å². The second kappa shape index (κ2) is 7.65. The first-order valence-corrected chi connectivity index (χ1v) is 7.62. The molecular weight excluding hydrogens is 324 g/mol. The summed E-state index contributed by atoms with van der Waals surface area (Å²) in [7, 11) is 4.80. The van der Waals surface area contributed by atoms with E-state index in [0.29, 0.717) is 17.1 Å². The molecule has 0 saturated carbocycles. The lowest BCUT2D eigenvalue weighted by molar-refractivity contribution is -0.384. The van der Waals surface area contributed by atoms with Gasteiger partial charge in [0.2, 0.25) is 0 Å². The number of benzene rings is 2. The van der Waals surface area contributed by atoms with Gasteiger partial charge in [0, 0.05) is 24.7 Å². The van der Waals surface area contributed by atoms with Gasteiger partial charge in [-0.25, -0.2) is 0 Å². The molecule has 0 radical (unpaired) electrons. The highest BCUT2D eigenvalue weighted by Gasteiger charge is 2.21. The fourth-order valence-electron chi connectivity index (χ4n) is 2.44. The summed E-state index contributed by atoms with van der Waals surface area (Å²) in [5.41, 5.74) is 1.22. The van der Waals surface area contributed by atoms with E-state index in [4.69, 9.17) is 9.47 Å². The summed E-state index contributed by atoms with van der Waals surface area (Å²) in [4.78, 5) is 24.4. The lowest BCUT2D eigenvalue weighted by atomic mass is 10.1. The average molecular weight is 344 g/mol. The van der Waals surface area contributed by atoms with Gasteiger partial charge in [0.25, 0.3) is 11.6 Å². The predicted octanol–water partition coefficient (Wildman–Crippen LogP) is 3.45. The second-order valence-corrected chi connectivity index (χ2v) is 5.51. The maximum absolute atomic E-state index is 12.6. The average Bonchev–Trinajstić information content (AvgIpc) is 2.65. The largest absolute Gasteiger partial charge is 0.493 e. The number of carbonyl (C=O) groups is 1. The zero-order valence-electron chi connectivity index (χ0n) is 14.6. The second-order valence-electron chi connectivity index (χ2n) is 5.51. The van der Waals surface area contributed by atoms with Gasteiger partial charge in [0.1, 0.15) is 0 Å². The van der Waals surface area contributed by atoms with Crippen molar-refractivity contribution in [1.82, 2.24) is 4.90 Å². The SMILES string of the molecule is COc1ccc([C@@H](C)N(C)C(=O)c2ccc([N+](=O)[O-])cc2)cc1OC. The van der Waals surface area contributed by atoms with Crippen molar-refractivity contribution in [3.63, 3.8) is 0 Å². The van der Waals surface area contributed by atoms with Crippen LogP contribution < -0.4 is 9.47 Å². The van der Waals surface area contributed by atoms with Crippen LogP contribution in [0.2, 0.25) is 0 Å². The van der Waals surface area contributed by atoms with Gasteiger partial charge >= 0.3 is 0 Å². The molecule has 0 aromatic heterocycles. The lowest BCUT2D eigenvalue weighted by Crippen LogP contribution is -2.29. The molecule has 2 aromatic rings. The van der Waals surface area contributed by atoms with E-state index in [0.717, 1.165) is 5.56 Å². The molecule has 1 atom stereocenters. The molecule has 0 N–H and O–H groups in total.